The fourth-order valence-corrected chi connectivity index (χ4v) is 3.44. The zero-order chi connectivity index (χ0) is 17.5. The Hall–Kier alpha value is -1.47. The van der Waals surface area contributed by atoms with Crippen LogP contribution in [0.5, 0.6) is 0 Å². The molecule has 1 aromatic carbocycles. The number of carbonyl (C=O) groups excluding carboxylic acids is 1. The van der Waals surface area contributed by atoms with Gasteiger partial charge in [0.15, 0.2) is 0 Å². The molecule has 2 saturated heterocycles. The second-order valence-electron chi connectivity index (χ2n) is 6.87. The Labute approximate surface area is 148 Å². The standard InChI is InChI=1S/C19H28N2O4/c22-15-11-21-17-7-6-16(25-18(17)13-24-12-15)10-19(23)20-9-8-14-4-2-1-3-5-14/h1-5,15-18,21-22H,6-13H2,(H,20,23)/t15-,16-,17+,18-/m0/s1. The molecule has 2 aliphatic heterocycles. The van der Waals surface area contributed by atoms with Gasteiger partial charge in [0.05, 0.1) is 37.9 Å². The molecular weight excluding hydrogens is 320 g/mol. The Balaban J connectivity index is 1.39. The van der Waals surface area contributed by atoms with Gasteiger partial charge >= 0.3 is 0 Å². The molecule has 6 heteroatoms. The van der Waals surface area contributed by atoms with Gasteiger partial charge in [-0.1, -0.05) is 30.3 Å². The van der Waals surface area contributed by atoms with Crippen LogP contribution < -0.4 is 10.6 Å². The van der Waals surface area contributed by atoms with Crippen molar-refractivity contribution in [2.24, 2.45) is 0 Å². The van der Waals surface area contributed by atoms with Crippen molar-refractivity contribution in [1.82, 2.24) is 10.6 Å². The zero-order valence-corrected chi connectivity index (χ0v) is 14.5. The molecule has 0 bridgehead atoms. The number of aliphatic hydroxyl groups is 1. The number of amides is 1. The Morgan fingerprint density at radius 3 is 2.92 bits per heavy atom. The van der Waals surface area contributed by atoms with Crippen LogP contribution in [0.3, 0.4) is 0 Å². The summed E-state index contributed by atoms with van der Waals surface area (Å²) in [6, 6.07) is 10.3. The first kappa shape index (κ1) is 18.3. The summed E-state index contributed by atoms with van der Waals surface area (Å²) in [4.78, 5) is 12.2. The lowest BCUT2D eigenvalue weighted by Gasteiger charge is -2.38. The van der Waals surface area contributed by atoms with Gasteiger partial charge in [-0.3, -0.25) is 4.79 Å². The second kappa shape index (κ2) is 9.29. The van der Waals surface area contributed by atoms with Crippen molar-refractivity contribution >= 4 is 5.91 Å². The molecule has 0 saturated carbocycles. The van der Waals surface area contributed by atoms with Crippen LogP contribution in [0.2, 0.25) is 0 Å². The molecule has 6 nitrogen and oxygen atoms in total. The SMILES string of the molecule is O=C(C[C@@H]1CC[C@H]2NC[C@H](O)COC[C@@H]2O1)NCCc1ccccc1. The van der Waals surface area contributed by atoms with Gasteiger partial charge in [-0.15, -0.1) is 0 Å². The predicted octanol–water partition coefficient (Wildman–Crippen LogP) is 0.632. The minimum Gasteiger partial charge on any atom is -0.389 e. The van der Waals surface area contributed by atoms with E-state index in [0.717, 1.165) is 19.3 Å². The van der Waals surface area contributed by atoms with E-state index < -0.39 is 6.10 Å². The minimum absolute atomic E-state index is 0.0366. The van der Waals surface area contributed by atoms with Gasteiger partial charge in [-0.2, -0.15) is 0 Å². The number of carbonyl (C=O) groups is 1. The average Bonchev–Trinajstić information content (AvgIpc) is 2.60. The van der Waals surface area contributed by atoms with Crippen LogP contribution in [-0.2, 0) is 20.7 Å². The lowest BCUT2D eigenvalue weighted by atomic mass is 9.96. The zero-order valence-electron chi connectivity index (χ0n) is 14.5. The third-order valence-corrected chi connectivity index (χ3v) is 4.82. The summed E-state index contributed by atoms with van der Waals surface area (Å²) in [5, 5.41) is 16.0. The highest BCUT2D eigenvalue weighted by atomic mass is 16.5. The van der Waals surface area contributed by atoms with E-state index in [0.29, 0.717) is 32.7 Å². The molecule has 0 radical (unpaired) electrons. The van der Waals surface area contributed by atoms with E-state index in [-0.39, 0.29) is 24.2 Å². The quantitative estimate of drug-likeness (QED) is 0.727. The van der Waals surface area contributed by atoms with Crippen LogP contribution in [0.4, 0.5) is 0 Å². The van der Waals surface area contributed by atoms with Gasteiger partial charge in [0.25, 0.3) is 0 Å². The van der Waals surface area contributed by atoms with E-state index in [1.807, 2.05) is 18.2 Å². The van der Waals surface area contributed by atoms with E-state index in [1.54, 1.807) is 0 Å². The van der Waals surface area contributed by atoms with E-state index in [1.165, 1.54) is 5.56 Å². The maximum absolute atomic E-state index is 12.2. The van der Waals surface area contributed by atoms with Crippen molar-refractivity contribution in [2.75, 3.05) is 26.3 Å². The van der Waals surface area contributed by atoms with Crippen molar-refractivity contribution in [2.45, 2.75) is 50.0 Å². The molecule has 25 heavy (non-hydrogen) atoms. The summed E-state index contributed by atoms with van der Waals surface area (Å²) in [5.74, 6) is 0.0366. The molecule has 2 aliphatic rings. The number of fused-ring (bicyclic) bond motifs is 1. The summed E-state index contributed by atoms with van der Waals surface area (Å²) in [6.45, 7) is 1.95. The Kier molecular flexibility index (Phi) is 6.81. The Morgan fingerprint density at radius 1 is 1.24 bits per heavy atom. The average molecular weight is 348 g/mol. The smallest absolute Gasteiger partial charge is 0.222 e. The van der Waals surface area contributed by atoms with Crippen molar-refractivity contribution in [3.05, 3.63) is 35.9 Å². The largest absolute Gasteiger partial charge is 0.389 e. The highest BCUT2D eigenvalue weighted by Crippen LogP contribution is 2.23. The van der Waals surface area contributed by atoms with Crippen molar-refractivity contribution in [3.63, 3.8) is 0 Å². The number of hydrogen-bond acceptors (Lipinski definition) is 5. The predicted molar refractivity (Wildman–Crippen MR) is 94.3 cm³/mol. The van der Waals surface area contributed by atoms with Crippen LogP contribution in [0.1, 0.15) is 24.8 Å². The van der Waals surface area contributed by atoms with E-state index in [4.69, 9.17) is 9.47 Å². The van der Waals surface area contributed by atoms with Gasteiger partial charge in [-0.25, -0.2) is 0 Å². The lowest BCUT2D eigenvalue weighted by molar-refractivity contribution is -0.137. The summed E-state index contributed by atoms with van der Waals surface area (Å²) >= 11 is 0. The van der Waals surface area contributed by atoms with Crippen molar-refractivity contribution in [1.29, 1.82) is 0 Å². The molecule has 2 fully saturated rings. The molecule has 0 spiro atoms. The third-order valence-electron chi connectivity index (χ3n) is 4.82. The van der Waals surface area contributed by atoms with Crippen molar-refractivity contribution < 1.29 is 19.4 Å². The number of β-amino-alcohol motifs (C(OH)–C–C–N with tert-alkyl or cyclic N) is 1. The summed E-state index contributed by atoms with van der Waals surface area (Å²) < 4.78 is 11.6. The minimum atomic E-state index is -0.464. The van der Waals surface area contributed by atoms with Crippen LogP contribution >= 0.6 is 0 Å². The molecule has 0 aromatic heterocycles. The second-order valence-corrected chi connectivity index (χ2v) is 6.87. The fraction of sp³-hybridized carbons (Fsp3) is 0.632. The van der Waals surface area contributed by atoms with Gasteiger partial charge in [-0.05, 0) is 24.8 Å². The van der Waals surface area contributed by atoms with E-state index >= 15 is 0 Å². The maximum Gasteiger partial charge on any atom is 0.222 e. The molecule has 3 N–H and O–H groups in total. The number of benzene rings is 1. The number of nitrogens with one attached hydrogen (secondary N) is 2. The molecule has 2 heterocycles. The normalized spacial score (nSPS) is 30.0. The molecule has 0 unspecified atom stereocenters. The molecule has 0 aliphatic carbocycles. The molecule has 1 amide bonds. The van der Waals surface area contributed by atoms with E-state index in [2.05, 4.69) is 22.8 Å². The first-order valence-electron chi connectivity index (χ1n) is 9.16. The number of hydrogen-bond donors (Lipinski definition) is 3. The van der Waals surface area contributed by atoms with Crippen molar-refractivity contribution in [3.8, 4) is 0 Å². The fourth-order valence-electron chi connectivity index (χ4n) is 3.44. The van der Waals surface area contributed by atoms with Gasteiger partial charge in [0.1, 0.15) is 0 Å². The first-order valence-corrected chi connectivity index (χ1v) is 9.16. The molecule has 3 rings (SSSR count). The number of ether oxygens (including phenoxy) is 2. The van der Waals surface area contributed by atoms with Gasteiger partial charge in [0.2, 0.25) is 5.91 Å². The Bertz CT molecular complexity index is 539. The van der Waals surface area contributed by atoms with Crippen LogP contribution in [-0.4, -0.2) is 61.7 Å². The lowest BCUT2D eigenvalue weighted by Crippen LogP contribution is -2.53. The monoisotopic (exact) mass is 348 g/mol. The third kappa shape index (κ3) is 5.78. The van der Waals surface area contributed by atoms with Crippen LogP contribution in [0.25, 0.3) is 0 Å². The van der Waals surface area contributed by atoms with Crippen LogP contribution in [0, 0.1) is 0 Å². The molecule has 4 atom stereocenters. The van der Waals surface area contributed by atoms with Gasteiger partial charge in [0, 0.05) is 19.1 Å². The maximum atomic E-state index is 12.2. The topological polar surface area (TPSA) is 79.8 Å². The van der Waals surface area contributed by atoms with E-state index in [9.17, 15) is 9.90 Å². The molecule has 138 valence electrons. The Morgan fingerprint density at radius 2 is 2.08 bits per heavy atom. The summed E-state index contributed by atoms with van der Waals surface area (Å²) in [6.07, 6.45) is 2.42. The highest BCUT2D eigenvalue weighted by Gasteiger charge is 2.33. The number of rotatable bonds is 5. The molecular formula is C19H28N2O4. The van der Waals surface area contributed by atoms with Gasteiger partial charge < -0.3 is 25.2 Å². The van der Waals surface area contributed by atoms with Crippen LogP contribution in [0.15, 0.2) is 30.3 Å². The highest BCUT2D eigenvalue weighted by molar-refractivity contribution is 5.76. The summed E-state index contributed by atoms with van der Waals surface area (Å²) in [5.41, 5.74) is 1.22. The first-order chi connectivity index (χ1) is 12.2. The number of aliphatic hydroxyl groups excluding tert-OH is 1. The molecule has 1 aromatic rings. The summed E-state index contributed by atoms with van der Waals surface area (Å²) in [7, 11) is 0.